The summed E-state index contributed by atoms with van der Waals surface area (Å²) in [4.78, 5) is 7.90. The van der Waals surface area contributed by atoms with Crippen molar-refractivity contribution >= 4 is 9.84 Å². The van der Waals surface area contributed by atoms with Crippen LogP contribution in [0, 0.1) is 64.0 Å². The second-order valence-electron chi connectivity index (χ2n) is 30.2. The molecular weight excluding hydrogens is 972 g/mol. The number of hydrogen-bond donors (Lipinski definition) is 2. The molecule has 0 spiro atoms. The molecule has 0 radical (unpaired) electrons. The number of aromatic hydroxyl groups is 1. The number of phenolic OH excluding ortho intramolecular Hbond substituents is 1. The summed E-state index contributed by atoms with van der Waals surface area (Å²) in [6.45, 7) is 47.3. The summed E-state index contributed by atoms with van der Waals surface area (Å²) in [5, 5.41) is 12.4. The molecule has 4 saturated heterocycles. The number of nitrogens with zero attached hydrogens (tertiary/aromatic N) is 3. The zero-order valence-corrected chi connectivity index (χ0v) is 53.1. The molecule has 3 aliphatic carbocycles. The van der Waals surface area contributed by atoms with E-state index in [0.29, 0.717) is 15.7 Å². The Balaban J connectivity index is 0.000000171. The summed E-state index contributed by atoms with van der Waals surface area (Å²) >= 11 is 0. The van der Waals surface area contributed by atoms with E-state index in [1.165, 1.54) is 127 Å². The zero-order chi connectivity index (χ0) is 57.5. The van der Waals surface area contributed by atoms with Crippen LogP contribution in [0.2, 0.25) is 0 Å². The van der Waals surface area contributed by atoms with Gasteiger partial charge in [-0.25, -0.2) is 12.8 Å². The minimum atomic E-state index is -3.07. The zero-order valence-electron chi connectivity index (χ0n) is 52.3. The van der Waals surface area contributed by atoms with Gasteiger partial charge in [-0.15, -0.1) is 0 Å². The number of rotatable bonds is 3. The Labute approximate surface area is 472 Å². The number of halogens is 1. The van der Waals surface area contributed by atoms with Gasteiger partial charge in [-0.05, 0) is 206 Å². The van der Waals surface area contributed by atoms with Gasteiger partial charge >= 0.3 is 0 Å². The van der Waals surface area contributed by atoms with Crippen LogP contribution < -0.4 is 5.32 Å². The van der Waals surface area contributed by atoms with Gasteiger partial charge in [0.1, 0.15) is 0 Å². The Hall–Kier alpha value is -3.08. The summed E-state index contributed by atoms with van der Waals surface area (Å²) in [6.07, 6.45) is 13.8. The van der Waals surface area contributed by atoms with E-state index in [9.17, 15) is 12.8 Å². The average molecular weight is 1080 g/mol. The fourth-order valence-electron chi connectivity index (χ4n) is 12.9. The van der Waals surface area contributed by atoms with Crippen molar-refractivity contribution in [3.63, 3.8) is 0 Å². The van der Waals surface area contributed by atoms with Gasteiger partial charge in [0.25, 0.3) is 0 Å². The molecular formula is C68H111FN4O3S. The molecule has 2 saturated carbocycles. The fourth-order valence-corrected chi connectivity index (χ4v) is 13.5. The SMILES string of the molecule is CC(C)(C)c1ccc(CN2CCCC2)cc1.CC(C)(C)c1ccc(O)c(F)c1.CC(C)(C)c1ccc(S(C)(=O)=O)cc1.CC1CC2CNCC2C1.CN1CC2C=C(C(C)(C)C)CC2C1.CN1CC2CC(C(C)(C)C)CC2C1. The molecule has 4 aliphatic heterocycles. The van der Waals surface area contributed by atoms with Crippen molar-refractivity contribution in [1.29, 1.82) is 0 Å². The Morgan fingerprint density at radius 3 is 1.48 bits per heavy atom. The third-order valence-corrected chi connectivity index (χ3v) is 19.1. The monoisotopic (exact) mass is 1080 g/mol. The van der Waals surface area contributed by atoms with Crippen LogP contribution in [0.25, 0.3) is 0 Å². The lowest BCUT2D eigenvalue weighted by molar-refractivity contribution is 0.220. The van der Waals surface area contributed by atoms with E-state index >= 15 is 0 Å². The molecule has 0 amide bonds. The number of likely N-dealkylation sites (tertiary alicyclic amines) is 3. The van der Waals surface area contributed by atoms with Gasteiger partial charge in [0.05, 0.1) is 4.90 Å². The van der Waals surface area contributed by atoms with E-state index in [1.807, 2.05) is 32.9 Å². The van der Waals surface area contributed by atoms with Crippen molar-refractivity contribution in [3.8, 4) is 5.75 Å². The molecule has 6 unspecified atom stereocenters. The van der Waals surface area contributed by atoms with Gasteiger partial charge in [0.15, 0.2) is 21.4 Å². The molecule has 434 valence electrons. The number of sulfone groups is 1. The molecule has 2 N–H and O–H groups in total. The van der Waals surface area contributed by atoms with Crippen LogP contribution in [0.4, 0.5) is 4.39 Å². The maximum absolute atomic E-state index is 12.9. The van der Waals surface area contributed by atoms with E-state index in [1.54, 1.807) is 23.8 Å². The molecule has 3 aromatic rings. The highest BCUT2D eigenvalue weighted by molar-refractivity contribution is 7.90. The first-order chi connectivity index (χ1) is 35.5. The van der Waals surface area contributed by atoms with Crippen molar-refractivity contribution in [1.82, 2.24) is 20.0 Å². The Morgan fingerprint density at radius 2 is 1.05 bits per heavy atom. The summed E-state index contributed by atoms with van der Waals surface area (Å²) in [5.74, 6) is 7.07. The first-order valence-electron chi connectivity index (χ1n) is 29.9. The van der Waals surface area contributed by atoms with Crippen molar-refractivity contribution in [2.24, 2.45) is 58.2 Å². The van der Waals surface area contributed by atoms with Crippen LogP contribution in [0.15, 0.2) is 83.3 Å². The lowest BCUT2D eigenvalue weighted by Gasteiger charge is -2.28. The van der Waals surface area contributed by atoms with E-state index < -0.39 is 15.7 Å². The highest BCUT2D eigenvalue weighted by Crippen LogP contribution is 2.48. The van der Waals surface area contributed by atoms with E-state index in [4.69, 9.17) is 5.11 Å². The second-order valence-corrected chi connectivity index (χ2v) is 32.2. The molecule has 10 rings (SSSR count). The van der Waals surface area contributed by atoms with E-state index in [2.05, 4.69) is 154 Å². The van der Waals surface area contributed by atoms with Crippen molar-refractivity contribution in [2.75, 3.05) is 72.7 Å². The summed E-state index contributed by atoms with van der Waals surface area (Å²) in [7, 11) is 1.44. The first-order valence-corrected chi connectivity index (χ1v) is 31.8. The number of fused-ring (bicyclic) bond motifs is 3. The van der Waals surface area contributed by atoms with Gasteiger partial charge in [-0.3, -0.25) is 4.90 Å². The normalized spacial score (nSPS) is 26.5. The molecule has 3 aromatic carbocycles. The smallest absolute Gasteiger partial charge is 0.175 e. The van der Waals surface area contributed by atoms with Crippen molar-refractivity contribution in [3.05, 3.63) is 106 Å². The Bertz CT molecular complexity index is 2400. The molecule has 9 heteroatoms. The lowest BCUT2D eigenvalue weighted by atomic mass is 9.79. The highest BCUT2D eigenvalue weighted by atomic mass is 32.2. The minimum absolute atomic E-state index is 0.0655. The van der Waals surface area contributed by atoms with Gasteiger partial charge in [-0.2, -0.15) is 0 Å². The molecule has 7 aliphatic rings. The molecule has 4 heterocycles. The molecule has 0 aromatic heterocycles. The molecule has 6 atom stereocenters. The fraction of sp³-hybridized carbons (Fsp3) is 0.706. The maximum Gasteiger partial charge on any atom is 0.175 e. The second kappa shape index (κ2) is 26.7. The lowest BCUT2D eigenvalue weighted by Crippen LogP contribution is -2.22. The molecule has 77 heavy (non-hydrogen) atoms. The van der Waals surface area contributed by atoms with Crippen LogP contribution >= 0.6 is 0 Å². The number of hydrogen-bond acceptors (Lipinski definition) is 7. The highest BCUT2D eigenvalue weighted by Gasteiger charge is 2.43. The first kappa shape index (κ1) is 64.7. The molecule has 6 fully saturated rings. The van der Waals surface area contributed by atoms with Gasteiger partial charge in [0.2, 0.25) is 0 Å². The summed E-state index contributed by atoms with van der Waals surface area (Å²) in [6, 6.07) is 20.7. The predicted octanol–water partition coefficient (Wildman–Crippen LogP) is 15.2. The van der Waals surface area contributed by atoms with Crippen molar-refractivity contribution < 1.29 is 17.9 Å². The minimum Gasteiger partial charge on any atom is -0.505 e. The third-order valence-electron chi connectivity index (χ3n) is 18.0. The molecule has 0 bridgehead atoms. The van der Waals surface area contributed by atoms with Crippen LogP contribution in [-0.2, 0) is 32.6 Å². The standard InChI is InChI=1S/C15H23N.C12H23N.C12H21N.C11H16O2S.C10H13FO.C8H15N/c1-15(2,3)14-8-6-13(7-9-14)12-16-10-4-5-11-16;2*1-12(2,3)11-5-9-7-13(4)8-10(9)6-11;1-11(2,3)9-5-7-10(8-6-9)14(4,12)13;1-10(2,3)7-4-5-9(12)8(11)6-7;1-6-2-7-4-9-5-8(7)3-6/h6-9H,4-5,10-12H2,1-3H3;9-11H,5-8H2,1-4H3;5,9-10H,6-8H2,1-4H3;5-8H,1-4H3;4-6,12H,1-3H3;6-9H,2-5H2,1H3. The predicted molar refractivity (Wildman–Crippen MR) is 326 cm³/mol. The van der Waals surface area contributed by atoms with Gasteiger partial charge in [0, 0.05) is 39.0 Å². The summed E-state index contributed by atoms with van der Waals surface area (Å²) in [5.41, 5.74) is 7.81. The number of phenols is 1. The van der Waals surface area contributed by atoms with Crippen molar-refractivity contribution in [2.45, 2.75) is 183 Å². The average Bonchev–Trinajstić information content (AvgIpc) is 4.18. The maximum atomic E-state index is 12.9. The Kier molecular flexibility index (Phi) is 22.4. The van der Waals surface area contributed by atoms with Gasteiger partial charge < -0.3 is 20.2 Å². The number of nitrogens with one attached hydrogen (secondary N) is 1. The van der Waals surface area contributed by atoms with Crippen LogP contribution in [0.1, 0.15) is 178 Å². The Morgan fingerprint density at radius 1 is 0.597 bits per heavy atom. The van der Waals surface area contributed by atoms with Crippen LogP contribution in [0.3, 0.4) is 0 Å². The van der Waals surface area contributed by atoms with Crippen LogP contribution in [0.5, 0.6) is 5.75 Å². The van der Waals surface area contributed by atoms with Gasteiger partial charge in [-0.1, -0.05) is 165 Å². The largest absolute Gasteiger partial charge is 0.505 e. The molecule has 7 nitrogen and oxygen atoms in total. The van der Waals surface area contributed by atoms with Crippen LogP contribution in [-0.4, -0.2) is 101 Å². The van der Waals surface area contributed by atoms with E-state index in [0.717, 1.165) is 65.0 Å². The summed E-state index contributed by atoms with van der Waals surface area (Å²) < 4.78 is 35.2. The topological polar surface area (TPSA) is 76.1 Å². The third kappa shape index (κ3) is 20.1. The number of benzene rings is 3. The number of allylic oxidation sites excluding steroid dienone is 1. The quantitative estimate of drug-likeness (QED) is 0.253. The van der Waals surface area contributed by atoms with E-state index in [-0.39, 0.29) is 22.0 Å².